The minimum Gasteiger partial charge on any atom is -0.458 e. The molecule has 5 saturated carbocycles. The maximum absolute atomic E-state index is 13.7. The molecule has 204 valence electrons. The highest BCUT2D eigenvalue weighted by Crippen LogP contribution is 2.80. The fraction of sp³-hybridized carbons (Fsp3) is 0.967. The lowest BCUT2D eigenvalue weighted by atomic mass is 9.30. The first-order valence-corrected chi connectivity index (χ1v) is 14.5. The van der Waals surface area contributed by atoms with Crippen LogP contribution in [0.4, 0.5) is 0 Å². The first-order chi connectivity index (χ1) is 16.6. The van der Waals surface area contributed by atoms with Crippen LogP contribution in [0, 0.1) is 50.2 Å². The quantitative estimate of drug-likeness (QED) is 0.405. The third kappa shape index (κ3) is 2.53. The van der Waals surface area contributed by atoms with Crippen molar-refractivity contribution >= 4 is 5.97 Å². The summed E-state index contributed by atoms with van der Waals surface area (Å²) in [6.45, 7) is 13.3. The van der Waals surface area contributed by atoms with E-state index in [2.05, 4.69) is 34.6 Å². The molecule has 2 bridgehead atoms. The van der Waals surface area contributed by atoms with Gasteiger partial charge in [-0.25, -0.2) is 0 Å². The number of aliphatic hydroxyl groups is 4. The Morgan fingerprint density at radius 2 is 1.50 bits per heavy atom. The molecule has 4 N–H and O–H groups in total. The molecule has 1 aliphatic heterocycles. The second-order valence-electron chi connectivity index (χ2n) is 15.8. The molecule has 6 rings (SSSR count). The summed E-state index contributed by atoms with van der Waals surface area (Å²) in [5.74, 6) is 0.199. The Hall–Kier alpha value is -0.690. The van der Waals surface area contributed by atoms with Gasteiger partial charge in [0.05, 0.1) is 24.9 Å². The average Bonchev–Trinajstić information content (AvgIpc) is 2.99. The van der Waals surface area contributed by atoms with Crippen LogP contribution in [0.25, 0.3) is 0 Å². The van der Waals surface area contributed by atoms with Gasteiger partial charge >= 0.3 is 5.97 Å². The van der Waals surface area contributed by atoms with Gasteiger partial charge in [-0.1, -0.05) is 41.5 Å². The molecule has 0 amide bonds. The molecule has 0 aromatic heterocycles. The van der Waals surface area contributed by atoms with Crippen LogP contribution in [0.15, 0.2) is 0 Å². The van der Waals surface area contributed by atoms with Gasteiger partial charge in [0.1, 0.15) is 11.0 Å². The second kappa shape index (κ2) is 7.08. The zero-order valence-corrected chi connectivity index (χ0v) is 23.1. The van der Waals surface area contributed by atoms with Crippen LogP contribution in [-0.4, -0.2) is 56.9 Å². The summed E-state index contributed by atoms with van der Waals surface area (Å²) in [6, 6.07) is 0. The van der Waals surface area contributed by atoms with E-state index < -0.39 is 34.7 Å². The summed E-state index contributed by atoms with van der Waals surface area (Å²) < 4.78 is 6.64. The molecule has 6 heteroatoms. The third-order valence-electron chi connectivity index (χ3n) is 14.1. The Morgan fingerprint density at radius 1 is 0.833 bits per heavy atom. The molecular formula is C30H48O6. The number of esters is 1. The molecule has 0 aromatic carbocycles. The van der Waals surface area contributed by atoms with Gasteiger partial charge in [0, 0.05) is 16.7 Å². The first-order valence-electron chi connectivity index (χ1n) is 14.5. The molecule has 6 aliphatic rings. The zero-order chi connectivity index (χ0) is 26.3. The summed E-state index contributed by atoms with van der Waals surface area (Å²) in [6.07, 6.45) is 4.57. The van der Waals surface area contributed by atoms with Crippen molar-refractivity contribution in [3.05, 3.63) is 0 Å². The Bertz CT molecular complexity index is 980. The molecule has 0 radical (unpaired) electrons. The molecule has 1 spiro atoms. The number of hydrogen-bond donors (Lipinski definition) is 4. The van der Waals surface area contributed by atoms with Crippen LogP contribution in [0.3, 0.4) is 0 Å². The van der Waals surface area contributed by atoms with E-state index >= 15 is 0 Å². The van der Waals surface area contributed by atoms with Gasteiger partial charge in [-0.2, -0.15) is 0 Å². The van der Waals surface area contributed by atoms with Gasteiger partial charge < -0.3 is 25.2 Å². The predicted molar refractivity (Wildman–Crippen MR) is 135 cm³/mol. The van der Waals surface area contributed by atoms with Crippen molar-refractivity contribution in [2.45, 2.75) is 123 Å². The number of carbonyl (C=O) groups excluding carboxylic acids is 1. The van der Waals surface area contributed by atoms with Gasteiger partial charge in [0.15, 0.2) is 0 Å². The molecule has 6 nitrogen and oxygen atoms in total. The highest BCUT2D eigenvalue weighted by atomic mass is 16.6. The van der Waals surface area contributed by atoms with E-state index in [9.17, 15) is 25.2 Å². The highest BCUT2D eigenvalue weighted by Gasteiger charge is 2.83. The number of aliphatic hydroxyl groups excluding tert-OH is 4. The lowest BCUT2D eigenvalue weighted by Gasteiger charge is -2.74. The summed E-state index contributed by atoms with van der Waals surface area (Å²) in [4.78, 5) is 13.7. The van der Waals surface area contributed by atoms with Crippen LogP contribution in [0.5, 0.6) is 0 Å². The van der Waals surface area contributed by atoms with Crippen molar-refractivity contribution in [2.24, 2.45) is 50.2 Å². The van der Waals surface area contributed by atoms with Crippen molar-refractivity contribution in [1.29, 1.82) is 0 Å². The van der Waals surface area contributed by atoms with E-state index in [0.29, 0.717) is 19.3 Å². The van der Waals surface area contributed by atoms with Crippen molar-refractivity contribution < 1.29 is 30.0 Å². The SMILES string of the molecule is CC1(C)CC[C@]23C(=O)O[C@@]4(CC[C@@H]5[C@@]6(C)C[C@H](O)[C@H](O)[C@@](C)(CO)[C@@H]6CC[C@@]5(C)[C@]4(C)C[C@H]2O)[C@@H]3C1. The van der Waals surface area contributed by atoms with Crippen molar-refractivity contribution in [3.63, 3.8) is 0 Å². The van der Waals surface area contributed by atoms with Gasteiger partial charge in [-0.15, -0.1) is 0 Å². The first kappa shape index (κ1) is 25.6. The fourth-order valence-electron chi connectivity index (χ4n) is 12.1. The van der Waals surface area contributed by atoms with Gasteiger partial charge in [-0.3, -0.25) is 4.79 Å². The number of rotatable bonds is 1. The minimum absolute atomic E-state index is 0.0276. The van der Waals surface area contributed by atoms with E-state index in [1.807, 2.05) is 6.92 Å². The minimum atomic E-state index is -0.937. The van der Waals surface area contributed by atoms with Crippen LogP contribution >= 0.6 is 0 Å². The standard InChI is InChI=1S/C30H48O6/c1-24(2)11-12-29-20(14-24)30(36-23(29)35)10-8-19-25(3)13-17(32)22(34)26(4,16-31)18(25)7-9-27(19,5)28(30,6)15-21(29)33/h17-22,31-34H,7-16H2,1-6H3/t17-,18+,19+,20+,21+,22-,25-,26-,27+,28-,29+,30-/m0/s1. The summed E-state index contributed by atoms with van der Waals surface area (Å²) in [5, 5.41) is 44.3. The Kier molecular flexibility index (Phi) is 5.03. The third-order valence-corrected chi connectivity index (χ3v) is 14.1. The molecule has 5 aliphatic carbocycles. The largest absolute Gasteiger partial charge is 0.458 e. The van der Waals surface area contributed by atoms with Crippen molar-refractivity contribution in [1.82, 2.24) is 0 Å². The Morgan fingerprint density at radius 3 is 2.17 bits per heavy atom. The molecule has 36 heavy (non-hydrogen) atoms. The predicted octanol–water partition coefficient (Wildman–Crippen LogP) is 3.82. The summed E-state index contributed by atoms with van der Waals surface area (Å²) in [7, 11) is 0. The fourth-order valence-corrected chi connectivity index (χ4v) is 12.1. The molecule has 0 aromatic rings. The maximum Gasteiger partial charge on any atom is 0.315 e. The highest BCUT2D eigenvalue weighted by molar-refractivity contribution is 5.82. The normalized spacial score (nSPS) is 61.3. The van der Waals surface area contributed by atoms with Crippen molar-refractivity contribution in [3.8, 4) is 0 Å². The number of fused-ring (bicyclic) bond motifs is 4. The molecule has 1 heterocycles. The van der Waals surface area contributed by atoms with E-state index in [1.165, 1.54) is 0 Å². The van der Waals surface area contributed by atoms with E-state index in [1.54, 1.807) is 0 Å². The molecule has 0 unspecified atom stereocenters. The number of ether oxygens (including phenoxy) is 1. The molecular weight excluding hydrogens is 456 g/mol. The van der Waals surface area contributed by atoms with E-state index in [0.717, 1.165) is 38.5 Å². The monoisotopic (exact) mass is 504 g/mol. The second-order valence-corrected chi connectivity index (χ2v) is 15.8. The lowest BCUT2D eigenvalue weighted by Crippen LogP contribution is -2.74. The lowest BCUT2D eigenvalue weighted by molar-refractivity contribution is -0.307. The smallest absolute Gasteiger partial charge is 0.315 e. The Balaban J connectivity index is 1.48. The van der Waals surface area contributed by atoms with Crippen LogP contribution in [0.2, 0.25) is 0 Å². The topological polar surface area (TPSA) is 107 Å². The average molecular weight is 505 g/mol. The molecule has 6 fully saturated rings. The summed E-state index contributed by atoms with van der Waals surface area (Å²) >= 11 is 0. The molecule has 1 saturated heterocycles. The zero-order valence-electron chi connectivity index (χ0n) is 23.1. The van der Waals surface area contributed by atoms with E-state index in [4.69, 9.17) is 4.74 Å². The van der Waals surface area contributed by atoms with Crippen LogP contribution in [-0.2, 0) is 9.53 Å². The summed E-state index contributed by atoms with van der Waals surface area (Å²) in [5.41, 5.74) is -2.82. The van der Waals surface area contributed by atoms with Gasteiger partial charge in [0.2, 0.25) is 0 Å². The number of hydrogen-bond acceptors (Lipinski definition) is 6. The van der Waals surface area contributed by atoms with Crippen molar-refractivity contribution in [2.75, 3.05) is 6.61 Å². The molecule has 12 atom stereocenters. The maximum atomic E-state index is 13.7. The Labute approximate surface area is 216 Å². The van der Waals surface area contributed by atoms with Gasteiger partial charge in [0.25, 0.3) is 0 Å². The number of carbonyl (C=O) groups is 1. The van der Waals surface area contributed by atoms with Crippen LogP contribution in [0.1, 0.15) is 99.3 Å². The van der Waals surface area contributed by atoms with Gasteiger partial charge in [-0.05, 0) is 85.9 Å². The van der Waals surface area contributed by atoms with Crippen LogP contribution < -0.4 is 0 Å². The van der Waals surface area contributed by atoms with E-state index in [-0.39, 0.29) is 52.0 Å².